The molecule has 0 fully saturated rings. The number of anilines is 3. The average molecular weight is 543 g/mol. The van der Waals surface area contributed by atoms with Gasteiger partial charge >= 0.3 is 12.4 Å². The molecule has 0 bridgehead atoms. The molecule has 4 aromatic rings. The van der Waals surface area contributed by atoms with Gasteiger partial charge in [0.25, 0.3) is 0 Å². The van der Waals surface area contributed by atoms with Crippen molar-refractivity contribution in [2.75, 3.05) is 24.3 Å². The summed E-state index contributed by atoms with van der Waals surface area (Å²) in [6.07, 6.45) is -8.60. The molecule has 0 saturated carbocycles. The highest BCUT2D eigenvalue weighted by atomic mass is 32.1. The van der Waals surface area contributed by atoms with Crippen LogP contribution in [0.25, 0.3) is 22.4 Å². The standard InChI is InChI=1S/C23H20F6N6OS/c1-3-8-30-21-14(22(24,25)26)5-7-17(35-21)33-16-9-12(10-36-2)32-20-13(16)4-6-15(34-20)18-19(23(27,28)29)37-11-31-18/h4-7,9,11H,3,8,10H2,1-2H3,(H2,30,32,33,34,35). The molecule has 0 aliphatic carbocycles. The number of pyridine rings is 3. The van der Waals surface area contributed by atoms with Crippen molar-refractivity contribution in [2.24, 2.45) is 0 Å². The van der Waals surface area contributed by atoms with Crippen LogP contribution in [0.4, 0.5) is 43.7 Å². The van der Waals surface area contributed by atoms with Crippen molar-refractivity contribution in [1.29, 1.82) is 0 Å². The zero-order chi connectivity index (χ0) is 26.8. The van der Waals surface area contributed by atoms with E-state index in [1.54, 1.807) is 6.07 Å². The van der Waals surface area contributed by atoms with Gasteiger partial charge in [-0.2, -0.15) is 26.3 Å². The van der Waals surface area contributed by atoms with E-state index in [0.717, 1.165) is 11.6 Å². The molecule has 37 heavy (non-hydrogen) atoms. The van der Waals surface area contributed by atoms with E-state index in [1.807, 2.05) is 6.92 Å². The zero-order valence-electron chi connectivity index (χ0n) is 19.5. The van der Waals surface area contributed by atoms with Crippen LogP contribution in [0.15, 0.2) is 35.8 Å². The molecule has 196 valence electrons. The molecule has 0 aromatic carbocycles. The Kier molecular flexibility index (Phi) is 7.50. The summed E-state index contributed by atoms with van der Waals surface area (Å²) in [5, 5.41) is 6.09. The van der Waals surface area contributed by atoms with Gasteiger partial charge < -0.3 is 15.4 Å². The van der Waals surface area contributed by atoms with E-state index in [4.69, 9.17) is 4.74 Å². The molecular formula is C23H20F6N6OS. The van der Waals surface area contributed by atoms with Gasteiger partial charge in [-0.3, -0.25) is 0 Å². The fourth-order valence-electron chi connectivity index (χ4n) is 3.52. The monoisotopic (exact) mass is 542 g/mol. The van der Waals surface area contributed by atoms with Gasteiger partial charge in [-0.1, -0.05) is 6.92 Å². The summed E-state index contributed by atoms with van der Waals surface area (Å²) in [6.45, 7) is 2.16. The highest BCUT2D eigenvalue weighted by Crippen LogP contribution is 2.40. The van der Waals surface area contributed by atoms with Crippen LogP contribution in [0.2, 0.25) is 0 Å². The topological polar surface area (TPSA) is 84.9 Å². The minimum Gasteiger partial charge on any atom is -0.378 e. The summed E-state index contributed by atoms with van der Waals surface area (Å²) in [4.78, 5) is 15.7. The van der Waals surface area contributed by atoms with E-state index in [0.29, 0.717) is 41.1 Å². The van der Waals surface area contributed by atoms with Crippen LogP contribution in [0.5, 0.6) is 0 Å². The van der Waals surface area contributed by atoms with Crippen molar-refractivity contribution in [3.63, 3.8) is 0 Å². The van der Waals surface area contributed by atoms with Crippen molar-refractivity contribution in [3.8, 4) is 11.4 Å². The lowest BCUT2D eigenvalue weighted by molar-refractivity contribution is -0.137. The van der Waals surface area contributed by atoms with Crippen LogP contribution in [0.1, 0.15) is 29.5 Å². The number of hydrogen-bond acceptors (Lipinski definition) is 8. The van der Waals surface area contributed by atoms with Crippen molar-refractivity contribution < 1.29 is 31.1 Å². The molecule has 0 atom stereocenters. The Hall–Kier alpha value is -3.52. The second-order valence-corrected chi connectivity index (χ2v) is 8.69. The van der Waals surface area contributed by atoms with Crippen molar-refractivity contribution >= 4 is 39.7 Å². The normalized spacial score (nSPS) is 12.2. The first-order chi connectivity index (χ1) is 17.5. The molecule has 0 aliphatic heterocycles. The number of nitrogens with zero attached hydrogens (tertiary/aromatic N) is 4. The quantitative estimate of drug-likeness (QED) is 0.234. The highest BCUT2D eigenvalue weighted by molar-refractivity contribution is 7.10. The fourth-order valence-corrected chi connectivity index (χ4v) is 4.18. The predicted octanol–water partition coefficient (Wildman–Crippen LogP) is 6.90. The van der Waals surface area contributed by atoms with Gasteiger partial charge in [0.2, 0.25) is 0 Å². The average Bonchev–Trinajstić information content (AvgIpc) is 3.33. The molecule has 4 heterocycles. The third kappa shape index (κ3) is 5.91. The largest absolute Gasteiger partial charge is 0.427 e. The highest BCUT2D eigenvalue weighted by Gasteiger charge is 2.37. The molecule has 2 N–H and O–H groups in total. The summed E-state index contributed by atoms with van der Waals surface area (Å²) in [6, 6.07) is 6.61. The molecule has 4 aromatic heterocycles. The SMILES string of the molecule is CCCNc1nc(Nc2cc(COC)nc3nc(-c4ncsc4C(F)(F)F)ccc23)ccc1C(F)(F)F. The molecular weight excluding hydrogens is 522 g/mol. The first-order valence-corrected chi connectivity index (χ1v) is 11.8. The summed E-state index contributed by atoms with van der Waals surface area (Å²) in [7, 11) is 1.44. The molecule has 0 amide bonds. The molecule has 0 saturated heterocycles. The first kappa shape index (κ1) is 26.5. The van der Waals surface area contributed by atoms with Crippen LogP contribution in [0, 0.1) is 0 Å². The number of aromatic nitrogens is 4. The number of fused-ring (bicyclic) bond motifs is 1. The van der Waals surface area contributed by atoms with E-state index in [-0.39, 0.29) is 35.3 Å². The van der Waals surface area contributed by atoms with Gasteiger partial charge in [-0.25, -0.2) is 19.9 Å². The maximum atomic E-state index is 13.4. The Morgan fingerprint density at radius 2 is 1.76 bits per heavy atom. The van der Waals surface area contributed by atoms with Crippen molar-refractivity contribution in [1.82, 2.24) is 19.9 Å². The Morgan fingerprint density at radius 3 is 2.43 bits per heavy atom. The lowest BCUT2D eigenvalue weighted by Crippen LogP contribution is -2.13. The van der Waals surface area contributed by atoms with Gasteiger partial charge in [-0.05, 0) is 36.8 Å². The molecule has 0 unspecified atom stereocenters. The van der Waals surface area contributed by atoms with E-state index in [9.17, 15) is 26.3 Å². The number of halogens is 6. The van der Waals surface area contributed by atoms with Crippen LogP contribution < -0.4 is 10.6 Å². The Bertz CT molecular complexity index is 1400. The van der Waals surface area contributed by atoms with Gasteiger partial charge in [-0.15, -0.1) is 11.3 Å². The molecule has 0 aliphatic rings. The number of nitrogens with one attached hydrogen (secondary N) is 2. The number of alkyl halides is 6. The zero-order valence-corrected chi connectivity index (χ0v) is 20.3. The van der Waals surface area contributed by atoms with E-state index in [2.05, 4.69) is 30.6 Å². The summed E-state index contributed by atoms with van der Waals surface area (Å²) in [5.41, 5.74) is 0.739. The van der Waals surface area contributed by atoms with Crippen molar-refractivity contribution in [2.45, 2.75) is 32.3 Å². The van der Waals surface area contributed by atoms with E-state index < -0.39 is 22.8 Å². The second kappa shape index (κ2) is 10.5. The lowest BCUT2D eigenvalue weighted by Gasteiger charge is -2.16. The molecule has 0 radical (unpaired) electrons. The minimum absolute atomic E-state index is 0.0206. The number of rotatable bonds is 8. The Labute approximate surface area is 211 Å². The van der Waals surface area contributed by atoms with Gasteiger partial charge in [0.15, 0.2) is 5.65 Å². The first-order valence-electron chi connectivity index (χ1n) is 10.9. The maximum absolute atomic E-state index is 13.4. The lowest BCUT2D eigenvalue weighted by atomic mass is 10.1. The van der Waals surface area contributed by atoms with Crippen LogP contribution in [-0.2, 0) is 23.7 Å². The van der Waals surface area contributed by atoms with Crippen LogP contribution in [-0.4, -0.2) is 33.6 Å². The maximum Gasteiger partial charge on any atom is 0.427 e. The molecule has 4 rings (SSSR count). The number of hydrogen-bond donors (Lipinski definition) is 2. The van der Waals surface area contributed by atoms with Crippen LogP contribution in [0.3, 0.4) is 0 Å². The van der Waals surface area contributed by atoms with E-state index in [1.165, 1.54) is 25.3 Å². The number of methoxy groups -OCH3 is 1. The smallest absolute Gasteiger partial charge is 0.378 e. The minimum atomic E-state index is -4.60. The Balaban J connectivity index is 1.78. The predicted molar refractivity (Wildman–Crippen MR) is 128 cm³/mol. The molecule has 14 heteroatoms. The summed E-state index contributed by atoms with van der Waals surface area (Å²) < 4.78 is 85.6. The fraction of sp³-hybridized carbons (Fsp3) is 0.304. The number of ether oxygens (including phenoxy) is 1. The third-order valence-electron chi connectivity index (χ3n) is 5.09. The third-order valence-corrected chi connectivity index (χ3v) is 5.96. The number of thiazole rings is 1. The summed E-state index contributed by atoms with van der Waals surface area (Å²) in [5.74, 6) is -0.205. The summed E-state index contributed by atoms with van der Waals surface area (Å²) >= 11 is 0.459. The van der Waals surface area contributed by atoms with Gasteiger partial charge in [0, 0.05) is 19.0 Å². The molecule has 0 spiro atoms. The molecule has 7 nitrogen and oxygen atoms in total. The van der Waals surface area contributed by atoms with Gasteiger partial charge in [0.1, 0.15) is 22.2 Å². The van der Waals surface area contributed by atoms with Crippen LogP contribution >= 0.6 is 11.3 Å². The van der Waals surface area contributed by atoms with E-state index >= 15 is 0 Å². The Morgan fingerprint density at radius 1 is 0.973 bits per heavy atom. The second-order valence-electron chi connectivity index (χ2n) is 7.83. The van der Waals surface area contributed by atoms with Crippen molar-refractivity contribution in [3.05, 3.63) is 52.0 Å². The van der Waals surface area contributed by atoms with Gasteiger partial charge in [0.05, 0.1) is 34.8 Å².